The van der Waals surface area contributed by atoms with E-state index in [1.165, 1.54) is 25.5 Å². The number of hydrogen-bond donors (Lipinski definition) is 1. The summed E-state index contributed by atoms with van der Waals surface area (Å²) >= 11 is 0. The SMILES string of the molecule is CCC(C)CC(C)NCc1ccccc1CC(=O)OC. The molecule has 0 aromatic heterocycles. The topological polar surface area (TPSA) is 38.3 Å². The lowest BCUT2D eigenvalue weighted by atomic mass is 9.99. The minimum atomic E-state index is -0.190. The predicted octanol–water partition coefficient (Wildman–Crippen LogP) is 3.32. The fraction of sp³-hybridized carbons (Fsp3) is 0.588. The number of carbonyl (C=O) groups is 1. The molecule has 0 aliphatic rings. The molecule has 0 fully saturated rings. The summed E-state index contributed by atoms with van der Waals surface area (Å²) in [6.07, 6.45) is 2.73. The molecule has 1 aromatic rings. The first-order valence-corrected chi connectivity index (χ1v) is 7.43. The van der Waals surface area contributed by atoms with Gasteiger partial charge in [-0.2, -0.15) is 0 Å². The third-order valence-electron chi connectivity index (χ3n) is 3.77. The molecule has 0 radical (unpaired) electrons. The number of carbonyl (C=O) groups excluding carboxylic acids is 1. The van der Waals surface area contributed by atoms with Crippen molar-refractivity contribution in [2.75, 3.05) is 7.11 Å². The van der Waals surface area contributed by atoms with E-state index in [1.807, 2.05) is 18.2 Å². The van der Waals surface area contributed by atoms with E-state index in [4.69, 9.17) is 4.74 Å². The van der Waals surface area contributed by atoms with Gasteiger partial charge in [-0.05, 0) is 30.4 Å². The van der Waals surface area contributed by atoms with Crippen LogP contribution in [0.1, 0.15) is 44.7 Å². The molecule has 2 atom stereocenters. The van der Waals surface area contributed by atoms with Crippen LogP contribution in [0.4, 0.5) is 0 Å². The van der Waals surface area contributed by atoms with Gasteiger partial charge in [0.05, 0.1) is 13.5 Å². The number of hydrogen-bond acceptors (Lipinski definition) is 3. The first-order valence-electron chi connectivity index (χ1n) is 7.43. The normalized spacial score (nSPS) is 13.8. The highest BCUT2D eigenvalue weighted by atomic mass is 16.5. The van der Waals surface area contributed by atoms with Crippen LogP contribution in [-0.4, -0.2) is 19.1 Å². The van der Waals surface area contributed by atoms with Crippen molar-refractivity contribution in [2.24, 2.45) is 5.92 Å². The van der Waals surface area contributed by atoms with Crippen molar-refractivity contribution < 1.29 is 9.53 Å². The van der Waals surface area contributed by atoms with Gasteiger partial charge in [0.1, 0.15) is 0 Å². The van der Waals surface area contributed by atoms with Crippen molar-refractivity contribution in [3.63, 3.8) is 0 Å². The van der Waals surface area contributed by atoms with Gasteiger partial charge in [-0.15, -0.1) is 0 Å². The predicted molar refractivity (Wildman–Crippen MR) is 82.5 cm³/mol. The highest BCUT2D eigenvalue weighted by Crippen LogP contribution is 2.13. The Morgan fingerprint density at radius 2 is 1.90 bits per heavy atom. The van der Waals surface area contributed by atoms with Crippen molar-refractivity contribution in [1.29, 1.82) is 0 Å². The van der Waals surface area contributed by atoms with Crippen LogP contribution >= 0.6 is 0 Å². The summed E-state index contributed by atoms with van der Waals surface area (Å²) in [5.74, 6) is 0.549. The van der Waals surface area contributed by atoms with Crippen molar-refractivity contribution in [3.8, 4) is 0 Å². The molecule has 1 aromatic carbocycles. The van der Waals surface area contributed by atoms with E-state index in [-0.39, 0.29) is 5.97 Å². The maximum absolute atomic E-state index is 11.4. The molecule has 0 bridgehead atoms. The minimum absolute atomic E-state index is 0.190. The standard InChI is InChI=1S/C17H27NO2/c1-5-13(2)10-14(3)18-12-16-9-7-6-8-15(16)11-17(19)20-4/h6-9,13-14,18H,5,10-12H2,1-4H3. The molecule has 0 saturated carbocycles. The molecule has 0 aliphatic heterocycles. The van der Waals surface area contributed by atoms with Gasteiger partial charge in [-0.1, -0.05) is 44.5 Å². The van der Waals surface area contributed by atoms with Crippen LogP contribution in [0.15, 0.2) is 24.3 Å². The lowest BCUT2D eigenvalue weighted by Gasteiger charge is -2.18. The van der Waals surface area contributed by atoms with E-state index in [0.29, 0.717) is 12.5 Å². The van der Waals surface area contributed by atoms with E-state index in [9.17, 15) is 4.79 Å². The highest BCUT2D eigenvalue weighted by molar-refractivity contribution is 5.72. The zero-order chi connectivity index (χ0) is 15.0. The number of methoxy groups -OCH3 is 1. The fourth-order valence-electron chi connectivity index (χ4n) is 2.27. The van der Waals surface area contributed by atoms with E-state index in [0.717, 1.165) is 18.0 Å². The molecule has 0 amide bonds. The molecule has 112 valence electrons. The monoisotopic (exact) mass is 277 g/mol. The lowest BCUT2D eigenvalue weighted by molar-refractivity contribution is -0.139. The smallest absolute Gasteiger partial charge is 0.309 e. The Balaban J connectivity index is 2.57. The van der Waals surface area contributed by atoms with Gasteiger partial charge in [-0.25, -0.2) is 0 Å². The number of benzene rings is 1. The molecule has 0 spiro atoms. The van der Waals surface area contributed by atoms with Gasteiger partial charge < -0.3 is 10.1 Å². The van der Waals surface area contributed by atoms with Gasteiger partial charge >= 0.3 is 5.97 Å². The van der Waals surface area contributed by atoms with Crippen molar-refractivity contribution >= 4 is 5.97 Å². The summed E-state index contributed by atoms with van der Waals surface area (Å²) < 4.78 is 4.74. The number of esters is 1. The summed E-state index contributed by atoms with van der Waals surface area (Å²) in [5, 5.41) is 3.54. The van der Waals surface area contributed by atoms with Crippen LogP contribution in [0.3, 0.4) is 0 Å². The Hall–Kier alpha value is -1.35. The van der Waals surface area contributed by atoms with Gasteiger partial charge in [0, 0.05) is 12.6 Å². The fourth-order valence-corrected chi connectivity index (χ4v) is 2.27. The Bertz CT molecular complexity index is 417. The van der Waals surface area contributed by atoms with Crippen LogP contribution in [0.2, 0.25) is 0 Å². The van der Waals surface area contributed by atoms with Crippen LogP contribution in [0.25, 0.3) is 0 Å². The molecule has 1 N–H and O–H groups in total. The zero-order valence-electron chi connectivity index (χ0n) is 13.1. The second kappa shape index (κ2) is 8.75. The summed E-state index contributed by atoms with van der Waals surface area (Å²) in [6.45, 7) is 7.52. The van der Waals surface area contributed by atoms with Gasteiger partial charge in [0.25, 0.3) is 0 Å². The highest BCUT2D eigenvalue weighted by Gasteiger charge is 2.10. The van der Waals surface area contributed by atoms with Crippen LogP contribution in [0.5, 0.6) is 0 Å². The third kappa shape index (κ3) is 5.74. The van der Waals surface area contributed by atoms with Crippen molar-refractivity contribution in [1.82, 2.24) is 5.32 Å². The van der Waals surface area contributed by atoms with Crippen LogP contribution in [-0.2, 0) is 22.5 Å². The molecule has 0 heterocycles. The quantitative estimate of drug-likeness (QED) is 0.741. The first kappa shape index (κ1) is 16.7. The molecule has 1 rings (SSSR count). The average Bonchev–Trinajstić information content (AvgIpc) is 2.46. The molecular weight excluding hydrogens is 250 g/mol. The van der Waals surface area contributed by atoms with Crippen molar-refractivity contribution in [2.45, 2.75) is 52.6 Å². The second-order valence-electron chi connectivity index (χ2n) is 5.55. The Labute approximate surface area is 122 Å². The molecule has 2 unspecified atom stereocenters. The Morgan fingerprint density at radius 3 is 2.50 bits per heavy atom. The van der Waals surface area contributed by atoms with E-state index >= 15 is 0 Å². The van der Waals surface area contributed by atoms with E-state index in [1.54, 1.807) is 0 Å². The van der Waals surface area contributed by atoms with Crippen LogP contribution in [0, 0.1) is 5.92 Å². The number of nitrogens with one attached hydrogen (secondary N) is 1. The van der Waals surface area contributed by atoms with Gasteiger partial charge in [0.2, 0.25) is 0 Å². The number of ether oxygens (including phenoxy) is 1. The average molecular weight is 277 g/mol. The molecular formula is C17H27NO2. The molecule has 0 saturated heterocycles. The summed E-state index contributed by atoms with van der Waals surface area (Å²) in [5.41, 5.74) is 2.22. The molecule has 20 heavy (non-hydrogen) atoms. The molecule has 3 heteroatoms. The largest absolute Gasteiger partial charge is 0.469 e. The number of rotatable bonds is 8. The summed E-state index contributed by atoms with van der Waals surface area (Å²) in [6, 6.07) is 8.52. The molecule has 0 aliphatic carbocycles. The van der Waals surface area contributed by atoms with Crippen LogP contribution < -0.4 is 5.32 Å². The van der Waals surface area contributed by atoms with Crippen molar-refractivity contribution in [3.05, 3.63) is 35.4 Å². The maximum atomic E-state index is 11.4. The Kier molecular flexibility index (Phi) is 7.31. The maximum Gasteiger partial charge on any atom is 0.309 e. The zero-order valence-corrected chi connectivity index (χ0v) is 13.1. The molecule has 3 nitrogen and oxygen atoms in total. The van der Waals surface area contributed by atoms with E-state index in [2.05, 4.69) is 32.2 Å². The summed E-state index contributed by atoms with van der Waals surface area (Å²) in [7, 11) is 1.43. The van der Waals surface area contributed by atoms with Gasteiger partial charge in [-0.3, -0.25) is 4.79 Å². The second-order valence-corrected chi connectivity index (χ2v) is 5.55. The summed E-state index contributed by atoms with van der Waals surface area (Å²) in [4.78, 5) is 11.4. The first-order chi connectivity index (χ1) is 9.56. The van der Waals surface area contributed by atoms with E-state index < -0.39 is 0 Å². The Morgan fingerprint density at radius 1 is 1.25 bits per heavy atom. The lowest BCUT2D eigenvalue weighted by Crippen LogP contribution is -2.27. The minimum Gasteiger partial charge on any atom is -0.469 e. The van der Waals surface area contributed by atoms with Gasteiger partial charge in [0.15, 0.2) is 0 Å². The third-order valence-corrected chi connectivity index (χ3v) is 3.77.